The second-order valence-electron chi connectivity index (χ2n) is 4.12. The van der Waals surface area contributed by atoms with Gasteiger partial charge in [-0.15, -0.1) is 0 Å². The minimum Gasteiger partial charge on any atom is -0.310 e. The fraction of sp³-hybridized carbons (Fsp3) is 0.538. The van der Waals surface area contributed by atoms with E-state index in [0.717, 1.165) is 6.54 Å². The summed E-state index contributed by atoms with van der Waals surface area (Å²) in [6, 6.07) is 7.25. The van der Waals surface area contributed by atoms with Crippen molar-refractivity contribution in [3.8, 4) is 0 Å². The van der Waals surface area contributed by atoms with Crippen LogP contribution < -0.4 is 5.32 Å². The third-order valence-corrected chi connectivity index (χ3v) is 2.75. The highest BCUT2D eigenvalue weighted by atomic mass is 14.9. The van der Waals surface area contributed by atoms with Gasteiger partial charge in [0.2, 0.25) is 0 Å². The Bertz CT molecular complexity index is 291. The molecule has 0 unspecified atom stereocenters. The molecule has 0 aliphatic heterocycles. The molecule has 0 saturated carbocycles. The van der Waals surface area contributed by atoms with Crippen LogP contribution in [0.1, 0.15) is 37.0 Å². The molecule has 0 heterocycles. The van der Waals surface area contributed by atoms with Crippen molar-refractivity contribution in [1.82, 2.24) is 5.32 Å². The van der Waals surface area contributed by atoms with E-state index in [1.54, 1.807) is 0 Å². The summed E-state index contributed by atoms with van der Waals surface area (Å²) < 4.78 is 0. The number of hydrogen-bond donors (Lipinski definition) is 1. The Hall–Kier alpha value is -0.820. The maximum atomic E-state index is 3.51. The quantitative estimate of drug-likeness (QED) is 0.770. The molecule has 0 aliphatic rings. The van der Waals surface area contributed by atoms with Crippen LogP contribution >= 0.6 is 0 Å². The summed E-state index contributed by atoms with van der Waals surface area (Å²) in [7, 11) is 0. The first-order valence-corrected chi connectivity index (χ1v) is 5.43. The molecule has 1 aromatic rings. The van der Waals surface area contributed by atoms with Crippen LogP contribution in [0.25, 0.3) is 0 Å². The standard InChI is InChI=1S/C13H21N/c1-5-12(4)14-9-13-7-6-10(2)8-11(13)3/h6-8,12,14H,5,9H2,1-4H3/t12-/m0/s1. The fourth-order valence-corrected chi connectivity index (χ4v) is 1.47. The molecule has 0 fully saturated rings. The van der Waals surface area contributed by atoms with Gasteiger partial charge in [-0.3, -0.25) is 0 Å². The number of benzene rings is 1. The molecule has 0 amide bonds. The Morgan fingerprint density at radius 2 is 2.00 bits per heavy atom. The van der Waals surface area contributed by atoms with Gasteiger partial charge in [0.05, 0.1) is 0 Å². The predicted octanol–water partition coefficient (Wildman–Crippen LogP) is 3.19. The molecule has 0 radical (unpaired) electrons. The Morgan fingerprint density at radius 3 is 2.57 bits per heavy atom. The summed E-state index contributed by atoms with van der Waals surface area (Å²) in [4.78, 5) is 0. The van der Waals surface area contributed by atoms with Crippen LogP contribution in [0.2, 0.25) is 0 Å². The Balaban J connectivity index is 2.59. The van der Waals surface area contributed by atoms with Crippen molar-refractivity contribution in [3.05, 3.63) is 34.9 Å². The molecule has 14 heavy (non-hydrogen) atoms. The maximum Gasteiger partial charge on any atom is 0.0210 e. The van der Waals surface area contributed by atoms with E-state index in [4.69, 9.17) is 0 Å². The van der Waals surface area contributed by atoms with E-state index in [2.05, 4.69) is 51.2 Å². The van der Waals surface area contributed by atoms with Crippen LogP contribution in [0, 0.1) is 13.8 Å². The smallest absolute Gasteiger partial charge is 0.0210 e. The minimum atomic E-state index is 0.607. The maximum absolute atomic E-state index is 3.51. The molecule has 78 valence electrons. The molecular weight excluding hydrogens is 170 g/mol. The van der Waals surface area contributed by atoms with Gasteiger partial charge in [0.25, 0.3) is 0 Å². The summed E-state index contributed by atoms with van der Waals surface area (Å²) in [5.74, 6) is 0. The van der Waals surface area contributed by atoms with Crippen molar-refractivity contribution in [2.24, 2.45) is 0 Å². The van der Waals surface area contributed by atoms with Gasteiger partial charge in [0.1, 0.15) is 0 Å². The lowest BCUT2D eigenvalue weighted by molar-refractivity contribution is 0.533. The lowest BCUT2D eigenvalue weighted by Crippen LogP contribution is -2.24. The summed E-state index contributed by atoms with van der Waals surface area (Å²) in [5.41, 5.74) is 4.14. The summed E-state index contributed by atoms with van der Waals surface area (Å²) in [6.45, 7) is 9.74. The average molecular weight is 191 g/mol. The SMILES string of the molecule is CC[C@H](C)NCc1ccc(C)cc1C. The summed E-state index contributed by atoms with van der Waals surface area (Å²) in [5, 5.41) is 3.51. The van der Waals surface area contributed by atoms with Crippen molar-refractivity contribution in [3.63, 3.8) is 0 Å². The number of rotatable bonds is 4. The minimum absolute atomic E-state index is 0.607. The van der Waals surface area contributed by atoms with Crippen molar-refractivity contribution >= 4 is 0 Å². The highest BCUT2D eigenvalue weighted by Gasteiger charge is 2.00. The molecule has 0 spiro atoms. The molecule has 1 N–H and O–H groups in total. The molecule has 0 bridgehead atoms. The fourth-order valence-electron chi connectivity index (χ4n) is 1.47. The lowest BCUT2D eigenvalue weighted by atomic mass is 10.1. The second kappa shape index (κ2) is 5.16. The van der Waals surface area contributed by atoms with Crippen LogP contribution in [0.15, 0.2) is 18.2 Å². The van der Waals surface area contributed by atoms with Gasteiger partial charge in [-0.25, -0.2) is 0 Å². The monoisotopic (exact) mass is 191 g/mol. The van der Waals surface area contributed by atoms with E-state index in [-0.39, 0.29) is 0 Å². The van der Waals surface area contributed by atoms with Crippen molar-refractivity contribution in [1.29, 1.82) is 0 Å². The second-order valence-corrected chi connectivity index (χ2v) is 4.12. The van der Waals surface area contributed by atoms with Crippen LogP contribution in [0.4, 0.5) is 0 Å². The molecular formula is C13H21N. The van der Waals surface area contributed by atoms with E-state index >= 15 is 0 Å². The van der Waals surface area contributed by atoms with Gasteiger partial charge in [-0.1, -0.05) is 30.7 Å². The average Bonchev–Trinajstić information content (AvgIpc) is 2.16. The highest BCUT2D eigenvalue weighted by molar-refractivity contribution is 5.30. The number of aryl methyl sites for hydroxylation is 2. The molecule has 1 aromatic carbocycles. The van der Waals surface area contributed by atoms with Gasteiger partial charge in [0, 0.05) is 12.6 Å². The zero-order valence-electron chi connectivity index (χ0n) is 9.72. The van der Waals surface area contributed by atoms with Gasteiger partial charge in [-0.2, -0.15) is 0 Å². The molecule has 0 aliphatic carbocycles. The van der Waals surface area contributed by atoms with Crippen LogP contribution in [-0.2, 0) is 6.54 Å². The third kappa shape index (κ3) is 3.15. The van der Waals surface area contributed by atoms with E-state index < -0.39 is 0 Å². The normalized spacial score (nSPS) is 12.9. The van der Waals surface area contributed by atoms with E-state index in [9.17, 15) is 0 Å². The van der Waals surface area contributed by atoms with Crippen molar-refractivity contribution in [2.75, 3.05) is 0 Å². The Labute approximate surface area is 87.5 Å². The van der Waals surface area contributed by atoms with Crippen LogP contribution in [-0.4, -0.2) is 6.04 Å². The highest BCUT2D eigenvalue weighted by Crippen LogP contribution is 2.10. The molecule has 1 rings (SSSR count). The van der Waals surface area contributed by atoms with E-state index in [1.165, 1.54) is 23.1 Å². The first kappa shape index (κ1) is 11.3. The Morgan fingerprint density at radius 1 is 1.29 bits per heavy atom. The van der Waals surface area contributed by atoms with Gasteiger partial charge < -0.3 is 5.32 Å². The predicted molar refractivity (Wildman–Crippen MR) is 62.5 cm³/mol. The van der Waals surface area contributed by atoms with E-state index in [0.29, 0.717) is 6.04 Å². The summed E-state index contributed by atoms with van der Waals surface area (Å²) >= 11 is 0. The van der Waals surface area contributed by atoms with E-state index in [1.807, 2.05) is 0 Å². The zero-order valence-corrected chi connectivity index (χ0v) is 9.72. The topological polar surface area (TPSA) is 12.0 Å². The summed E-state index contributed by atoms with van der Waals surface area (Å²) in [6.07, 6.45) is 1.19. The number of nitrogens with one attached hydrogen (secondary N) is 1. The van der Waals surface area contributed by atoms with Crippen molar-refractivity contribution in [2.45, 2.75) is 46.7 Å². The lowest BCUT2D eigenvalue weighted by Gasteiger charge is -2.13. The zero-order chi connectivity index (χ0) is 10.6. The molecule has 0 saturated heterocycles. The van der Waals surface area contributed by atoms with Gasteiger partial charge in [-0.05, 0) is 38.3 Å². The largest absolute Gasteiger partial charge is 0.310 e. The van der Waals surface area contributed by atoms with Gasteiger partial charge in [0.15, 0.2) is 0 Å². The van der Waals surface area contributed by atoms with Crippen LogP contribution in [0.3, 0.4) is 0 Å². The first-order valence-electron chi connectivity index (χ1n) is 5.43. The molecule has 1 atom stereocenters. The Kier molecular flexibility index (Phi) is 4.15. The van der Waals surface area contributed by atoms with Crippen LogP contribution in [0.5, 0.6) is 0 Å². The number of hydrogen-bond acceptors (Lipinski definition) is 1. The molecule has 1 heteroatoms. The third-order valence-electron chi connectivity index (χ3n) is 2.75. The van der Waals surface area contributed by atoms with Gasteiger partial charge >= 0.3 is 0 Å². The molecule has 0 aromatic heterocycles. The van der Waals surface area contributed by atoms with Crippen molar-refractivity contribution < 1.29 is 0 Å². The first-order chi connectivity index (χ1) is 6.63. The molecule has 1 nitrogen and oxygen atoms in total.